The lowest BCUT2D eigenvalue weighted by Gasteiger charge is -2.34. The Morgan fingerprint density at radius 3 is 2.62 bits per heavy atom. The summed E-state index contributed by atoms with van der Waals surface area (Å²) in [4.78, 5) is 16.9. The molecule has 0 bridgehead atoms. The third-order valence-corrected chi connectivity index (χ3v) is 8.06. The molecule has 2 heterocycles. The summed E-state index contributed by atoms with van der Waals surface area (Å²) in [6.45, 7) is 2.79. The van der Waals surface area contributed by atoms with Crippen LogP contribution in [0.1, 0.15) is 41.7 Å². The number of nitrogens with zero attached hydrogens (tertiary/aromatic N) is 2. The minimum atomic E-state index is -3.60. The monoisotopic (exact) mass is 477 g/mol. The average molecular weight is 478 g/mol. The summed E-state index contributed by atoms with van der Waals surface area (Å²) in [7, 11) is -1.82. The van der Waals surface area contributed by atoms with Gasteiger partial charge < -0.3 is 14.5 Å². The van der Waals surface area contributed by atoms with Gasteiger partial charge in [-0.1, -0.05) is 30.3 Å². The first kappa shape index (κ1) is 22.4. The van der Waals surface area contributed by atoms with Crippen molar-refractivity contribution in [3.63, 3.8) is 0 Å². The van der Waals surface area contributed by atoms with Crippen LogP contribution in [0.5, 0.6) is 11.5 Å². The zero-order valence-electron chi connectivity index (χ0n) is 19.1. The molecule has 2 atom stereocenters. The second-order valence-corrected chi connectivity index (χ2v) is 10.4. The molecule has 8 heteroatoms. The molecule has 0 radical (unpaired) electrons. The van der Waals surface area contributed by atoms with E-state index in [0.717, 1.165) is 30.6 Å². The Morgan fingerprint density at radius 2 is 1.82 bits per heavy atom. The number of ether oxygens (including phenoxy) is 1. The highest BCUT2D eigenvalue weighted by Gasteiger charge is 2.37. The molecule has 2 aliphatic heterocycles. The van der Waals surface area contributed by atoms with Gasteiger partial charge >= 0.3 is 0 Å². The van der Waals surface area contributed by atoms with Crippen molar-refractivity contribution in [2.24, 2.45) is 0 Å². The van der Waals surface area contributed by atoms with Gasteiger partial charge in [-0.3, -0.25) is 4.79 Å². The van der Waals surface area contributed by atoms with Crippen molar-refractivity contribution in [1.82, 2.24) is 9.62 Å². The van der Waals surface area contributed by atoms with Gasteiger partial charge in [0, 0.05) is 25.2 Å². The molecule has 3 aromatic rings. The Balaban J connectivity index is 1.37. The standard InChI is InChI=1S/C26H27N3O4S/c1-18(28(2)26(30)19-8-4-3-5-9-19)20-10-6-11-21(16-20)33-22-13-14-23-24(17-22)34(31,32)27-25-12-7-15-29(23)25/h3-6,8-11,13-14,16-18,25,27H,7,12,15H2,1-2H3. The molecular formula is C26H27N3O4S. The third-order valence-electron chi connectivity index (χ3n) is 6.57. The van der Waals surface area contributed by atoms with Gasteiger partial charge in [0.25, 0.3) is 5.91 Å². The molecule has 1 amide bonds. The van der Waals surface area contributed by atoms with Gasteiger partial charge in [-0.15, -0.1) is 0 Å². The van der Waals surface area contributed by atoms with Gasteiger partial charge in [0.1, 0.15) is 16.4 Å². The SMILES string of the molecule is CC(c1cccc(Oc2ccc3c(c2)S(=O)(=O)NC2CCCN32)c1)N(C)C(=O)c1ccccc1. The molecule has 2 unspecified atom stereocenters. The van der Waals surface area contributed by atoms with Gasteiger partial charge in [0.15, 0.2) is 0 Å². The van der Waals surface area contributed by atoms with Crippen molar-refractivity contribution >= 4 is 21.6 Å². The summed E-state index contributed by atoms with van der Waals surface area (Å²) in [5.41, 5.74) is 2.27. The normalized spacial score (nSPS) is 19.1. The number of carbonyl (C=O) groups is 1. The summed E-state index contributed by atoms with van der Waals surface area (Å²) >= 11 is 0. The Morgan fingerprint density at radius 1 is 1.06 bits per heavy atom. The zero-order chi connectivity index (χ0) is 23.9. The molecule has 1 N–H and O–H groups in total. The maximum Gasteiger partial charge on any atom is 0.254 e. The van der Waals surface area contributed by atoms with Crippen LogP contribution < -0.4 is 14.4 Å². The molecule has 3 aromatic carbocycles. The van der Waals surface area contributed by atoms with E-state index >= 15 is 0 Å². The summed E-state index contributed by atoms with van der Waals surface area (Å²) in [5.74, 6) is 0.956. The number of amides is 1. The number of benzene rings is 3. The number of rotatable bonds is 5. The predicted octanol–water partition coefficient (Wildman–Crippen LogP) is 4.53. The van der Waals surface area contributed by atoms with Gasteiger partial charge in [-0.2, -0.15) is 4.72 Å². The van der Waals surface area contributed by atoms with Gasteiger partial charge in [0.2, 0.25) is 10.0 Å². The van der Waals surface area contributed by atoms with Crippen molar-refractivity contribution in [3.8, 4) is 11.5 Å². The number of anilines is 1. The van der Waals surface area contributed by atoms with E-state index in [1.807, 2.05) is 55.5 Å². The van der Waals surface area contributed by atoms with Gasteiger partial charge in [0.05, 0.1) is 17.9 Å². The number of carbonyl (C=O) groups excluding carboxylic acids is 1. The smallest absolute Gasteiger partial charge is 0.254 e. The number of sulfonamides is 1. The van der Waals surface area contributed by atoms with E-state index in [9.17, 15) is 13.2 Å². The summed E-state index contributed by atoms with van der Waals surface area (Å²) in [6, 6.07) is 21.7. The quantitative estimate of drug-likeness (QED) is 0.584. The molecule has 2 aliphatic rings. The highest BCUT2D eigenvalue weighted by Crippen LogP contribution is 2.38. The van der Waals surface area contributed by atoms with Crippen LogP contribution in [-0.4, -0.2) is 39.0 Å². The highest BCUT2D eigenvalue weighted by molar-refractivity contribution is 7.89. The van der Waals surface area contributed by atoms with Gasteiger partial charge in [-0.25, -0.2) is 8.42 Å². The molecule has 0 aliphatic carbocycles. The summed E-state index contributed by atoms with van der Waals surface area (Å²) < 4.78 is 34.4. The first-order valence-corrected chi connectivity index (χ1v) is 12.8. The molecule has 176 valence electrons. The maximum atomic E-state index is 12.8. The Bertz CT molecular complexity index is 1330. The number of hydrogen-bond acceptors (Lipinski definition) is 5. The fourth-order valence-electron chi connectivity index (χ4n) is 4.59. The minimum absolute atomic E-state index is 0.0629. The van der Waals surface area contributed by atoms with Crippen LogP contribution in [0.2, 0.25) is 0 Å². The van der Waals surface area contributed by atoms with E-state index in [-0.39, 0.29) is 23.0 Å². The lowest BCUT2D eigenvalue weighted by molar-refractivity contribution is 0.0742. The molecule has 1 fully saturated rings. The van der Waals surface area contributed by atoms with Crippen molar-refractivity contribution in [2.75, 3.05) is 18.5 Å². The molecule has 5 rings (SSSR count). The second-order valence-electron chi connectivity index (χ2n) is 8.73. The van der Waals surface area contributed by atoms with E-state index < -0.39 is 10.0 Å². The Hall–Kier alpha value is -3.36. The largest absolute Gasteiger partial charge is 0.457 e. The summed E-state index contributed by atoms with van der Waals surface area (Å²) in [6.07, 6.45) is 1.60. The number of fused-ring (bicyclic) bond motifs is 3. The van der Waals surface area contributed by atoms with E-state index in [1.54, 1.807) is 36.2 Å². The number of hydrogen-bond donors (Lipinski definition) is 1. The third kappa shape index (κ3) is 4.15. The molecule has 7 nitrogen and oxygen atoms in total. The first-order valence-electron chi connectivity index (χ1n) is 11.4. The van der Waals surface area contributed by atoms with Crippen LogP contribution in [0.25, 0.3) is 0 Å². The van der Waals surface area contributed by atoms with Crippen molar-refractivity contribution in [2.45, 2.75) is 36.9 Å². The van der Waals surface area contributed by atoms with Crippen LogP contribution in [-0.2, 0) is 10.0 Å². The molecular weight excluding hydrogens is 450 g/mol. The van der Waals surface area contributed by atoms with E-state index in [2.05, 4.69) is 9.62 Å². The van der Waals surface area contributed by atoms with Crippen molar-refractivity contribution in [1.29, 1.82) is 0 Å². The lowest BCUT2D eigenvalue weighted by Crippen LogP contribution is -2.48. The fourth-order valence-corrected chi connectivity index (χ4v) is 6.05. The highest BCUT2D eigenvalue weighted by atomic mass is 32.2. The van der Waals surface area contributed by atoms with E-state index in [4.69, 9.17) is 4.74 Å². The van der Waals surface area contributed by atoms with Crippen LogP contribution in [0, 0.1) is 0 Å². The Kier molecular flexibility index (Phi) is 5.79. The second kappa shape index (κ2) is 8.77. The molecule has 0 aromatic heterocycles. The molecule has 0 saturated carbocycles. The molecule has 34 heavy (non-hydrogen) atoms. The molecule has 1 saturated heterocycles. The van der Waals surface area contributed by atoms with Crippen LogP contribution in [0.15, 0.2) is 77.7 Å². The van der Waals surface area contributed by atoms with E-state index in [0.29, 0.717) is 17.1 Å². The van der Waals surface area contributed by atoms with Crippen LogP contribution in [0.4, 0.5) is 5.69 Å². The average Bonchev–Trinajstić information content (AvgIpc) is 3.31. The predicted molar refractivity (Wildman–Crippen MR) is 131 cm³/mol. The molecule has 0 spiro atoms. The lowest BCUT2D eigenvalue weighted by atomic mass is 10.1. The number of nitrogens with one attached hydrogen (secondary N) is 1. The van der Waals surface area contributed by atoms with Crippen molar-refractivity contribution in [3.05, 3.63) is 83.9 Å². The minimum Gasteiger partial charge on any atom is -0.457 e. The van der Waals surface area contributed by atoms with E-state index in [1.165, 1.54) is 0 Å². The van der Waals surface area contributed by atoms with Crippen LogP contribution >= 0.6 is 0 Å². The zero-order valence-corrected chi connectivity index (χ0v) is 20.0. The fraction of sp³-hybridized carbons (Fsp3) is 0.269. The van der Waals surface area contributed by atoms with Crippen LogP contribution in [0.3, 0.4) is 0 Å². The maximum absolute atomic E-state index is 12.8. The Labute approximate surface area is 200 Å². The topological polar surface area (TPSA) is 79.0 Å². The van der Waals surface area contributed by atoms with Gasteiger partial charge in [-0.05, 0) is 61.7 Å². The first-order chi connectivity index (χ1) is 16.3. The summed E-state index contributed by atoms with van der Waals surface area (Å²) in [5, 5.41) is 0. The van der Waals surface area contributed by atoms with Crippen molar-refractivity contribution < 1.29 is 17.9 Å².